The van der Waals surface area contributed by atoms with Crippen LogP contribution in [0.15, 0.2) is 22.7 Å². The molecule has 17 heavy (non-hydrogen) atoms. The fourth-order valence-corrected chi connectivity index (χ4v) is 1.94. The first-order valence-corrected chi connectivity index (χ1v) is 6.62. The first-order chi connectivity index (χ1) is 8.06. The van der Waals surface area contributed by atoms with Gasteiger partial charge in [-0.3, -0.25) is 4.79 Å². The van der Waals surface area contributed by atoms with Gasteiger partial charge in [-0.2, -0.15) is 0 Å². The lowest BCUT2D eigenvalue weighted by atomic mass is 10.2. The molecule has 1 saturated carbocycles. The molecule has 92 valence electrons. The zero-order valence-electron chi connectivity index (χ0n) is 10.00. The molecule has 0 unspecified atom stereocenters. The minimum atomic E-state index is -0.0337. The van der Waals surface area contributed by atoms with E-state index < -0.39 is 0 Å². The molecule has 0 saturated heterocycles. The van der Waals surface area contributed by atoms with E-state index in [1.165, 1.54) is 0 Å². The smallest absolute Gasteiger partial charge is 0.252 e. The second kappa shape index (κ2) is 5.08. The molecule has 1 N–H and O–H groups in total. The summed E-state index contributed by atoms with van der Waals surface area (Å²) in [7, 11) is 0. The number of benzene rings is 1. The number of carbonyl (C=O) groups excluding carboxylic acids is 1. The highest BCUT2D eigenvalue weighted by molar-refractivity contribution is 9.10. The Labute approximate surface area is 110 Å². The standard InChI is InChI=1S/C13H16BrNO2/c1-8(2)17-10-5-6-12(14)11(7-10)13(16)15-9-3-4-9/h5-9H,3-4H2,1-2H3,(H,15,16). The van der Waals surface area contributed by atoms with Gasteiger partial charge in [0.2, 0.25) is 0 Å². The fraction of sp³-hybridized carbons (Fsp3) is 0.462. The van der Waals surface area contributed by atoms with Crippen molar-refractivity contribution in [2.45, 2.75) is 38.8 Å². The van der Waals surface area contributed by atoms with Crippen LogP contribution in [0.5, 0.6) is 5.75 Å². The highest BCUT2D eigenvalue weighted by atomic mass is 79.9. The van der Waals surface area contributed by atoms with E-state index in [1.807, 2.05) is 26.0 Å². The van der Waals surface area contributed by atoms with Gasteiger partial charge in [0.25, 0.3) is 5.91 Å². The van der Waals surface area contributed by atoms with Gasteiger partial charge in [0.1, 0.15) is 5.75 Å². The topological polar surface area (TPSA) is 38.3 Å². The van der Waals surface area contributed by atoms with Crippen LogP contribution >= 0.6 is 15.9 Å². The second-order valence-electron chi connectivity index (χ2n) is 4.56. The maximum Gasteiger partial charge on any atom is 0.252 e. The van der Waals surface area contributed by atoms with E-state index in [0.29, 0.717) is 11.6 Å². The lowest BCUT2D eigenvalue weighted by Gasteiger charge is -2.12. The van der Waals surface area contributed by atoms with E-state index >= 15 is 0 Å². The number of rotatable bonds is 4. The Bertz CT molecular complexity index is 427. The minimum absolute atomic E-state index is 0.0337. The molecular weight excluding hydrogens is 282 g/mol. The molecular formula is C13H16BrNO2. The maximum atomic E-state index is 12.0. The van der Waals surface area contributed by atoms with E-state index in [-0.39, 0.29) is 12.0 Å². The number of halogens is 1. The third-order valence-electron chi connectivity index (χ3n) is 2.47. The molecule has 0 heterocycles. The Morgan fingerprint density at radius 1 is 1.47 bits per heavy atom. The normalized spacial score (nSPS) is 14.8. The van der Waals surface area contributed by atoms with Crippen molar-refractivity contribution in [2.24, 2.45) is 0 Å². The molecule has 0 radical (unpaired) electrons. The molecule has 0 aromatic heterocycles. The predicted molar refractivity (Wildman–Crippen MR) is 70.4 cm³/mol. The molecule has 1 amide bonds. The SMILES string of the molecule is CC(C)Oc1ccc(Br)c(C(=O)NC2CC2)c1. The number of hydrogen-bond donors (Lipinski definition) is 1. The van der Waals surface area contributed by atoms with Gasteiger partial charge < -0.3 is 10.1 Å². The van der Waals surface area contributed by atoms with Crippen molar-refractivity contribution in [1.29, 1.82) is 0 Å². The summed E-state index contributed by atoms with van der Waals surface area (Å²) in [6.07, 6.45) is 2.28. The molecule has 1 aliphatic rings. The van der Waals surface area contributed by atoms with Crippen LogP contribution in [0.1, 0.15) is 37.0 Å². The van der Waals surface area contributed by atoms with Crippen LogP contribution < -0.4 is 10.1 Å². The largest absolute Gasteiger partial charge is 0.491 e. The van der Waals surface area contributed by atoms with Gasteiger partial charge in [-0.05, 0) is 60.8 Å². The van der Waals surface area contributed by atoms with Gasteiger partial charge >= 0.3 is 0 Å². The van der Waals surface area contributed by atoms with Crippen LogP contribution in [-0.2, 0) is 0 Å². The van der Waals surface area contributed by atoms with Gasteiger partial charge in [-0.25, -0.2) is 0 Å². The molecule has 3 nitrogen and oxygen atoms in total. The van der Waals surface area contributed by atoms with Gasteiger partial charge in [-0.15, -0.1) is 0 Å². The maximum absolute atomic E-state index is 12.0. The molecule has 0 aliphatic heterocycles. The van der Waals surface area contributed by atoms with Crippen molar-refractivity contribution in [1.82, 2.24) is 5.32 Å². The summed E-state index contributed by atoms with van der Waals surface area (Å²) in [6.45, 7) is 3.93. The van der Waals surface area contributed by atoms with Gasteiger partial charge in [0, 0.05) is 10.5 Å². The average molecular weight is 298 g/mol. The lowest BCUT2D eigenvalue weighted by Crippen LogP contribution is -2.25. The second-order valence-corrected chi connectivity index (χ2v) is 5.41. The predicted octanol–water partition coefficient (Wildman–Crippen LogP) is 3.13. The molecule has 1 aliphatic carbocycles. The molecule has 4 heteroatoms. The van der Waals surface area contributed by atoms with Gasteiger partial charge in [0.05, 0.1) is 11.7 Å². The van der Waals surface area contributed by atoms with E-state index in [9.17, 15) is 4.79 Å². The van der Waals surface area contributed by atoms with Crippen LogP contribution in [0.4, 0.5) is 0 Å². The number of amides is 1. The van der Waals surface area contributed by atoms with Crippen molar-refractivity contribution in [2.75, 3.05) is 0 Å². The molecule has 1 fully saturated rings. The third kappa shape index (κ3) is 3.46. The summed E-state index contributed by atoms with van der Waals surface area (Å²) in [5, 5.41) is 2.97. The van der Waals surface area contributed by atoms with Crippen molar-refractivity contribution in [3.05, 3.63) is 28.2 Å². The molecule has 0 atom stereocenters. The molecule has 0 bridgehead atoms. The summed E-state index contributed by atoms with van der Waals surface area (Å²) in [5.74, 6) is 0.692. The zero-order chi connectivity index (χ0) is 12.4. The van der Waals surface area contributed by atoms with E-state index in [1.54, 1.807) is 6.07 Å². The van der Waals surface area contributed by atoms with E-state index in [2.05, 4.69) is 21.2 Å². The number of ether oxygens (including phenoxy) is 1. The van der Waals surface area contributed by atoms with Crippen molar-refractivity contribution >= 4 is 21.8 Å². The molecule has 0 spiro atoms. The lowest BCUT2D eigenvalue weighted by molar-refractivity contribution is 0.0949. The van der Waals surface area contributed by atoms with Gasteiger partial charge in [0.15, 0.2) is 0 Å². The van der Waals surface area contributed by atoms with Crippen LogP contribution in [0.25, 0.3) is 0 Å². The van der Waals surface area contributed by atoms with Crippen molar-refractivity contribution in [3.63, 3.8) is 0 Å². The monoisotopic (exact) mass is 297 g/mol. The van der Waals surface area contributed by atoms with E-state index in [0.717, 1.165) is 23.1 Å². The fourth-order valence-electron chi connectivity index (χ4n) is 1.51. The molecule has 1 aromatic carbocycles. The van der Waals surface area contributed by atoms with Crippen LogP contribution in [0.3, 0.4) is 0 Å². The Hall–Kier alpha value is -1.03. The number of nitrogens with one attached hydrogen (secondary N) is 1. The third-order valence-corrected chi connectivity index (χ3v) is 3.16. The molecule has 2 rings (SSSR count). The number of hydrogen-bond acceptors (Lipinski definition) is 2. The van der Waals surface area contributed by atoms with E-state index in [4.69, 9.17) is 4.74 Å². The highest BCUT2D eigenvalue weighted by Gasteiger charge is 2.24. The van der Waals surface area contributed by atoms with Crippen LogP contribution in [-0.4, -0.2) is 18.1 Å². The van der Waals surface area contributed by atoms with Gasteiger partial charge in [-0.1, -0.05) is 0 Å². The Morgan fingerprint density at radius 3 is 2.76 bits per heavy atom. The Morgan fingerprint density at radius 2 is 2.18 bits per heavy atom. The first-order valence-electron chi connectivity index (χ1n) is 5.83. The summed E-state index contributed by atoms with van der Waals surface area (Å²) >= 11 is 3.39. The minimum Gasteiger partial charge on any atom is -0.491 e. The Kier molecular flexibility index (Phi) is 3.72. The number of carbonyl (C=O) groups is 1. The van der Waals surface area contributed by atoms with Crippen LogP contribution in [0.2, 0.25) is 0 Å². The summed E-state index contributed by atoms with van der Waals surface area (Å²) in [6, 6.07) is 5.85. The summed E-state index contributed by atoms with van der Waals surface area (Å²) in [4.78, 5) is 12.0. The quantitative estimate of drug-likeness (QED) is 0.927. The first kappa shape index (κ1) is 12.4. The van der Waals surface area contributed by atoms with Crippen LogP contribution in [0, 0.1) is 0 Å². The summed E-state index contributed by atoms with van der Waals surface area (Å²) in [5.41, 5.74) is 0.634. The summed E-state index contributed by atoms with van der Waals surface area (Å²) < 4.78 is 6.38. The zero-order valence-corrected chi connectivity index (χ0v) is 11.6. The molecule has 1 aromatic rings. The van der Waals surface area contributed by atoms with Crippen molar-refractivity contribution < 1.29 is 9.53 Å². The Balaban J connectivity index is 2.15. The average Bonchev–Trinajstić information content (AvgIpc) is 3.04. The van der Waals surface area contributed by atoms with Crippen molar-refractivity contribution in [3.8, 4) is 5.75 Å². The highest BCUT2D eigenvalue weighted by Crippen LogP contribution is 2.25.